The van der Waals surface area contributed by atoms with Gasteiger partial charge in [-0.1, -0.05) is 26.7 Å². The predicted molar refractivity (Wildman–Crippen MR) is 73.3 cm³/mol. The van der Waals surface area contributed by atoms with Gasteiger partial charge in [0, 0.05) is 5.38 Å². The molecule has 0 radical (unpaired) electrons. The molecule has 5 heteroatoms. The van der Waals surface area contributed by atoms with Crippen molar-refractivity contribution in [2.24, 2.45) is 0 Å². The number of unbranched alkanes of at least 4 members (excludes halogenated alkanes) is 2. The second-order valence-electron chi connectivity index (χ2n) is 3.85. The van der Waals surface area contributed by atoms with Gasteiger partial charge >= 0.3 is 7.60 Å². The summed E-state index contributed by atoms with van der Waals surface area (Å²) in [5, 5.41) is 4.43. The van der Waals surface area contributed by atoms with Crippen LogP contribution in [0, 0.1) is 0 Å². The van der Waals surface area contributed by atoms with Gasteiger partial charge in [0.15, 0.2) is 0 Å². The molecule has 3 nitrogen and oxygen atoms in total. The molecule has 0 amide bonds. The Bertz CT molecular complexity index is 324. The molecule has 17 heavy (non-hydrogen) atoms. The normalized spacial score (nSPS) is 11.9. The smallest absolute Gasteiger partial charge is 0.305 e. The molecule has 1 heterocycles. The molecular formula is C12H21O3PS. The van der Waals surface area contributed by atoms with E-state index in [4.69, 9.17) is 9.05 Å². The second-order valence-corrected chi connectivity index (χ2v) is 6.66. The lowest BCUT2D eigenvalue weighted by Gasteiger charge is -2.17. The average molecular weight is 276 g/mol. The zero-order valence-corrected chi connectivity index (χ0v) is 12.3. The van der Waals surface area contributed by atoms with Crippen LogP contribution in [-0.4, -0.2) is 13.2 Å². The lowest BCUT2D eigenvalue weighted by Crippen LogP contribution is -2.09. The van der Waals surface area contributed by atoms with E-state index >= 15 is 0 Å². The minimum absolute atomic E-state index is 0.496. The van der Waals surface area contributed by atoms with Gasteiger partial charge in [-0.25, -0.2) is 0 Å². The third-order valence-corrected chi connectivity index (χ3v) is 5.15. The Balaban J connectivity index is 2.60. The van der Waals surface area contributed by atoms with Gasteiger partial charge in [0.1, 0.15) is 0 Å². The van der Waals surface area contributed by atoms with Gasteiger partial charge in [-0.15, -0.1) is 0 Å². The van der Waals surface area contributed by atoms with Crippen LogP contribution in [0.25, 0.3) is 0 Å². The van der Waals surface area contributed by atoms with Crippen molar-refractivity contribution >= 4 is 24.2 Å². The number of rotatable bonds is 9. The first-order valence-electron chi connectivity index (χ1n) is 6.14. The Morgan fingerprint density at radius 1 is 1.18 bits per heavy atom. The number of hydrogen-bond donors (Lipinski definition) is 0. The Labute approximate surface area is 108 Å². The molecule has 1 aromatic rings. The minimum atomic E-state index is -3.07. The van der Waals surface area contributed by atoms with Crippen LogP contribution in [0.4, 0.5) is 0 Å². The van der Waals surface area contributed by atoms with Crippen LogP contribution in [0.2, 0.25) is 0 Å². The van der Waals surface area contributed by atoms with Crippen molar-refractivity contribution < 1.29 is 13.6 Å². The molecule has 0 atom stereocenters. The van der Waals surface area contributed by atoms with E-state index < -0.39 is 7.60 Å². The molecule has 0 aromatic carbocycles. The Hall–Kier alpha value is -0.150. The monoisotopic (exact) mass is 276 g/mol. The first kappa shape index (κ1) is 14.9. The fourth-order valence-corrected chi connectivity index (χ4v) is 3.95. The number of hydrogen-bond acceptors (Lipinski definition) is 4. The predicted octanol–water partition coefficient (Wildman–Crippen LogP) is 4.20. The first-order chi connectivity index (χ1) is 8.23. The minimum Gasteiger partial charge on any atom is -0.305 e. The summed E-state index contributed by atoms with van der Waals surface area (Å²) in [6.07, 6.45) is 3.87. The molecule has 0 fully saturated rings. The molecule has 0 unspecified atom stereocenters. The maximum atomic E-state index is 12.6. The topological polar surface area (TPSA) is 35.5 Å². The third kappa shape index (κ3) is 4.92. The summed E-state index contributed by atoms with van der Waals surface area (Å²) in [5.74, 6) is 0. The summed E-state index contributed by atoms with van der Waals surface area (Å²) >= 11 is 1.51. The SMILES string of the molecule is CCCCOP(=O)(OCCCC)c1ccsc1. The molecule has 0 aliphatic carbocycles. The van der Waals surface area contributed by atoms with Crippen LogP contribution in [0.1, 0.15) is 39.5 Å². The Morgan fingerprint density at radius 3 is 2.18 bits per heavy atom. The zero-order valence-electron chi connectivity index (χ0n) is 10.6. The van der Waals surface area contributed by atoms with Gasteiger partial charge in [-0.2, -0.15) is 11.3 Å². The third-order valence-electron chi connectivity index (χ3n) is 2.34. The molecule has 0 saturated heterocycles. The summed E-state index contributed by atoms with van der Waals surface area (Å²) in [6, 6.07) is 1.82. The van der Waals surface area contributed by atoms with Crippen molar-refractivity contribution in [3.8, 4) is 0 Å². The van der Waals surface area contributed by atoms with Gasteiger partial charge in [-0.3, -0.25) is 4.57 Å². The highest BCUT2D eigenvalue weighted by Gasteiger charge is 2.27. The van der Waals surface area contributed by atoms with E-state index in [1.165, 1.54) is 11.3 Å². The fraction of sp³-hybridized carbons (Fsp3) is 0.667. The molecule has 0 saturated carbocycles. The quantitative estimate of drug-likeness (QED) is 0.501. The first-order valence-corrected chi connectivity index (χ1v) is 8.63. The summed E-state index contributed by atoms with van der Waals surface area (Å²) in [7, 11) is -3.07. The van der Waals surface area contributed by atoms with Crippen molar-refractivity contribution in [1.29, 1.82) is 0 Å². The molecule has 0 aliphatic rings. The lowest BCUT2D eigenvalue weighted by molar-refractivity contribution is 0.208. The average Bonchev–Trinajstić information content (AvgIpc) is 2.84. The van der Waals surface area contributed by atoms with E-state index in [2.05, 4.69) is 13.8 Å². The van der Waals surface area contributed by atoms with E-state index in [-0.39, 0.29) is 0 Å². The maximum Gasteiger partial charge on any atom is 0.362 e. The second kappa shape index (κ2) is 8.04. The van der Waals surface area contributed by atoms with Crippen LogP contribution in [0.15, 0.2) is 16.8 Å². The zero-order chi connectivity index (χ0) is 12.6. The van der Waals surface area contributed by atoms with Crippen LogP contribution in [0.5, 0.6) is 0 Å². The van der Waals surface area contributed by atoms with Crippen LogP contribution >= 0.6 is 18.9 Å². The highest BCUT2D eigenvalue weighted by atomic mass is 32.1. The van der Waals surface area contributed by atoms with Gasteiger partial charge in [-0.05, 0) is 24.3 Å². The van der Waals surface area contributed by atoms with Crippen molar-refractivity contribution in [2.45, 2.75) is 39.5 Å². The van der Waals surface area contributed by atoms with Crippen LogP contribution in [0.3, 0.4) is 0 Å². The standard InChI is InChI=1S/C12H21O3PS/c1-3-5-8-14-16(13,15-9-6-4-2)12-7-10-17-11-12/h7,10-11H,3-6,8-9H2,1-2H3. The van der Waals surface area contributed by atoms with E-state index in [1.54, 1.807) is 0 Å². The fourth-order valence-electron chi connectivity index (χ4n) is 1.26. The summed E-state index contributed by atoms with van der Waals surface area (Å²) in [6.45, 7) is 5.15. The summed E-state index contributed by atoms with van der Waals surface area (Å²) in [4.78, 5) is 0. The lowest BCUT2D eigenvalue weighted by atomic mass is 10.4. The highest BCUT2D eigenvalue weighted by molar-refractivity contribution is 7.62. The van der Waals surface area contributed by atoms with Gasteiger partial charge < -0.3 is 9.05 Å². The molecule has 0 spiro atoms. The maximum absolute atomic E-state index is 12.6. The molecule has 0 aliphatic heterocycles. The van der Waals surface area contributed by atoms with Crippen LogP contribution in [-0.2, 0) is 13.6 Å². The van der Waals surface area contributed by atoms with Crippen molar-refractivity contribution in [2.75, 3.05) is 13.2 Å². The van der Waals surface area contributed by atoms with E-state index in [0.29, 0.717) is 18.5 Å². The Morgan fingerprint density at radius 2 is 1.76 bits per heavy atom. The molecular weight excluding hydrogens is 255 g/mol. The van der Waals surface area contributed by atoms with Gasteiger partial charge in [0.25, 0.3) is 0 Å². The van der Waals surface area contributed by atoms with Gasteiger partial charge in [0.2, 0.25) is 0 Å². The summed E-state index contributed by atoms with van der Waals surface area (Å²) < 4.78 is 23.6. The molecule has 0 bridgehead atoms. The summed E-state index contributed by atoms with van der Waals surface area (Å²) in [5.41, 5.74) is 0. The van der Waals surface area contributed by atoms with Crippen molar-refractivity contribution in [3.63, 3.8) is 0 Å². The molecule has 1 aromatic heterocycles. The molecule has 1 rings (SSSR count). The largest absolute Gasteiger partial charge is 0.362 e. The van der Waals surface area contributed by atoms with Crippen molar-refractivity contribution in [3.05, 3.63) is 16.8 Å². The van der Waals surface area contributed by atoms with Gasteiger partial charge in [0.05, 0.1) is 18.5 Å². The molecule has 0 N–H and O–H groups in total. The van der Waals surface area contributed by atoms with E-state index in [1.807, 2.05) is 16.8 Å². The highest BCUT2D eigenvalue weighted by Crippen LogP contribution is 2.47. The van der Waals surface area contributed by atoms with E-state index in [9.17, 15) is 4.57 Å². The van der Waals surface area contributed by atoms with Crippen LogP contribution < -0.4 is 5.30 Å². The van der Waals surface area contributed by atoms with Crippen molar-refractivity contribution in [1.82, 2.24) is 0 Å². The number of thiophene rings is 1. The Kier molecular flexibility index (Phi) is 7.05. The van der Waals surface area contributed by atoms with E-state index in [0.717, 1.165) is 25.7 Å². The molecule has 98 valence electrons.